The van der Waals surface area contributed by atoms with Crippen LogP contribution in [0.2, 0.25) is 0 Å². The highest BCUT2D eigenvalue weighted by Crippen LogP contribution is 2.09. The monoisotopic (exact) mass is 179 g/mol. The summed E-state index contributed by atoms with van der Waals surface area (Å²) >= 11 is 0. The standard InChI is InChI=1S/C10H17N3/c1-12-6-7-13-8-9-4-2-3-5-10(9)11/h2-5,12-13H,6-8,11H2,1H3. The van der Waals surface area contributed by atoms with Crippen molar-refractivity contribution in [3.8, 4) is 0 Å². The normalized spacial score (nSPS) is 10.2. The van der Waals surface area contributed by atoms with Crippen LogP contribution in [0.1, 0.15) is 5.56 Å². The van der Waals surface area contributed by atoms with Crippen LogP contribution in [0, 0.1) is 0 Å². The number of nitrogens with two attached hydrogens (primary N) is 1. The second kappa shape index (κ2) is 5.56. The minimum atomic E-state index is 0.842. The van der Waals surface area contributed by atoms with Crippen molar-refractivity contribution in [2.75, 3.05) is 25.9 Å². The molecule has 3 heteroatoms. The van der Waals surface area contributed by atoms with Gasteiger partial charge in [0.1, 0.15) is 0 Å². The van der Waals surface area contributed by atoms with E-state index in [-0.39, 0.29) is 0 Å². The van der Waals surface area contributed by atoms with Gasteiger partial charge >= 0.3 is 0 Å². The van der Waals surface area contributed by atoms with Crippen molar-refractivity contribution in [1.82, 2.24) is 10.6 Å². The first-order valence-electron chi connectivity index (χ1n) is 4.53. The molecule has 72 valence electrons. The van der Waals surface area contributed by atoms with Crippen LogP contribution in [0.25, 0.3) is 0 Å². The molecule has 0 radical (unpaired) electrons. The maximum absolute atomic E-state index is 5.78. The van der Waals surface area contributed by atoms with Crippen LogP contribution < -0.4 is 16.4 Å². The molecule has 0 bridgehead atoms. The van der Waals surface area contributed by atoms with Gasteiger partial charge in [-0.15, -0.1) is 0 Å². The van der Waals surface area contributed by atoms with Gasteiger partial charge in [0.25, 0.3) is 0 Å². The lowest BCUT2D eigenvalue weighted by atomic mass is 10.2. The lowest BCUT2D eigenvalue weighted by molar-refractivity contribution is 0.651. The lowest BCUT2D eigenvalue weighted by Gasteiger charge is -2.06. The molecule has 1 aromatic rings. The molecule has 0 saturated heterocycles. The molecule has 0 unspecified atom stereocenters. The Morgan fingerprint density at radius 2 is 2.00 bits per heavy atom. The molecule has 0 spiro atoms. The second-order valence-electron chi connectivity index (χ2n) is 2.98. The van der Waals surface area contributed by atoms with Crippen LogP contribution in [0.5, 0.6) is 0 Å². The summed E-state index contributed by atoms with van der Waals surface area (Å²) in [6, 6.07) is 7.93. The molecule has 0 aromatic heterocycles. The third kappa shape index (κ3) is 3.44. The van der Waals surface area contributed by atoms with Crippen molar-refractivity contribution in [1.29, 1.82) is 0 Å². The first kappa shape index (κ1) is 10.0. The number of hydrogen-bond acceptors (Lipinski definition) is 3. The molecule has 0 saturated carbocycles. The van der Waals surface area contributed by atoms with Gasteiger partial charge in [-0.25, -0.2) is 0 Å². The Balaban J connectivity index is 2.32. The predicted octanol–water partition coefficient (Wildman–Crippen LogP) is 0.578. The van der Waals surface area contributed by atoms with Crippen molar-refractivity contribution in [2.45, 2.75) is 6.54 Å². The minimum absolute atomic E-state index is 0.842. The third-order valence-corrected chi connectivity index (χ3v) is 1.92. The molecule has 0 aliphatic rings. The first-order chi connectivity index (χ1) is 6.34. The van der Waals surface area contributed by atoms with Gasteiger partial charge in [-0.05, 0) is 18.7 Å². The van der Waals surface area contributed by atoms with Crippen LogP contribution in [-0.4, -0.2) is 20.1 Å². The number of likely N-dealkylation sites (N-methyl/N-ethyl adjacent to an activating group) is 1. The number of nitrogens with one attached hydrogen (secondary N) is 2. The van der Waals surface area contributed by atoms with Crippen molar-refractivity contribution < 1.29 is 0 Å². The molecule has 4 N–H and O–H groups in total. The second-order valence-corrected chi connectivity index (χ2v) is 2.98. The highest BCUT2D eigenvalue weighted by Gasteiger charge is 1.95. The molecular weight excluding hydrogens is 162 g/mol. The Labute approximate surface area is 79.3 Å². The van der Waals surface area contributed by atoms with Gasteiger partial charge in [0.2, 0.25) is 0 Å². The van der Waals surface area contributed by atoms with E-state index in [1.54, 1.807) is 0 Å². The largest absolute Gasteiger partial charge is 0.398 e. The SMILES string of the molecule is CNCCNCc1ccccc1N. The van der Waals surface area contributed by atoms with Crippen LogP contribution >= 0.6 is 0 Å². The van der Waals surface area contributed by atoms with Crippen LogP contribution in [0.15, 0.2) is 24.3 Å². The summed E-state index contributed by atoms with van der Waals surface area (Å²) in [5.74, 6) is 0. The van der Waals surface area contributed by atoms with Crippen molar-refractivity contribution in [3.63, 3.8) is 0 Å². The fraction of sp³-hybridized carbons (Fsp3) is 0.400. The lowest BCUT2D eigenvalue weighted by Crippen LogP contribution is -2.24. The van der Waals surface area contributed by atoms with E-state index in [1.807, 2.05) is 31.3 Å². The van der Waals surface area contributed by atoms with Gasteiger partial charge in [0, 0.05) is 25.3 Å². The molecule has 0 amide bonds. The van der Waals surface area contributed by atoms with Gasteiger partial charge in [-0.2, -0.15) is 0 Å². The van der Waals surface area contributed by atoms with Gasteiger partial charge in [0.05, 0.1) is 0 Å². The van der Waals surface area contributed by atoms with E-state index < -0.39 is 0 Å². The number of nitrogen functional groups attached to an aromatic ring is 1. The van der Waals surface area contributed by atoms with Crippen molar-refractivity contribution >= 4 is 5.69 Å². The molecule has 0 fully saturated rings. The van der Waals surface area contributed by atoms with Crippen LogP contribution in [0.4, 0.5) is 5.69 Å². The zero-order valence-electron chi connectivity index (χ0n) is 8.01. The quantitative estimate of drug-likeness (QED) is 0.458. The Bertz CT molecular complexity index is 248. The average molecular weight is 179 g/mol. The Hall–Kier alpha value is -1.06. The van der Waals surface area contributed by atoms with Crippen molar-refractivity contribution in [2.24, 2.45) is 0 Å². The van der Waals surface area contributed by atoms with Gasteiger partial charge in [-0.1, -0.05) is 18.2 Å². The Kier molecular flexibility index (Phi) is 4.29. The summed E-state index contributed by atoms with van der Waals surface area (Å²) in [7, 11) is 1.94. The van der Waals surface area contributed by atoms with E-state index in [4.69, 9.17) is 5.73 Å². The van der Waals surface area contributed by atoms with E-state index >= 15 is 0 Å². The zero-order chi connectivity index (χ0) is 9.52. The molecule has 0 heterocycles. The van der Waals surface area contributed by atoms with Crippen LogP contribution in [0.3, 0.4) is 0 Å². The van der Waals surface area contributed by atoms with E-state index in [1.165, 1.54) is 5.56 Å². The molecule has 0 atom stereocenters. The van der Waals surface area contributed by atoms with Crippen molar-refractivity contribution in [3.05, 3.63) is 29.8 Å². The maximum atomic E-state index is 5.78. The topological polar surface area (TPSA) is 50.1 Å². The Morgan fingerprint density at radius 3 is 2.69 bits per heavy atom. The molecule has 0 aliphatic heterocycles. The molecular formula is C10H17N3. The molecule has 3 nitrogen and oxygen atoms in total. The summed E-state index contributed by atoms with van der Waals surface area (Å²) in [6.07, 6.45) is 0. The van der Waals surface area contributed by atoms with E-state index in [0.29, 0.717) is 0 Å². The Morgan fingerprint density at radius 1 is 1.23 bits per heavy atom. The fourth-order valence-electron chi connectivity index (χ4n) is 1.13. The number of anilines is 1. The van der Waals surface area contributed by atoms with Gasteiger partial charge < -0.3 is 16.4 Å². The summed E-state index contributed by atoms with van der Waals surface area (Å²) < 4.78 is 0. The smallest absolute Gasteiger partial charge is 0.0359 e. The minimum Gasteiger partial charge on any atom is -0.398 e. The number of benzene rings is 1. The number of hydrogen-bond donors (Lipinski definition) is 3. The molecule has 1 rings (SSSR count). The van der Waals surface area contributed by atoms with Crippen LogP contribution in [-0.2, 0) is 6.54 Å². The van der Waals surface area contributed by atoms with Gasteiger partial charge in [0.15, 0.2) is 0 Å². The van der Waals surface area contributed by atoms with E-state index in [9.17, 15) is 0 Å². The number of rotatable bonds is 5. The molecule has 1 aromatic carbocycles. The maximum Gasteiger partial charge on any atom is 0.0359 e. The summed E-state index contributed by atoms with van der Waals surface area (Å²) in [4.78, 5) is 0. The zero-order valence-corrected chi connectivity index (χ0v) is 8.01. The molecule has 0 aliphatic carbocycles. The fourth-order valence-corrected chi connectivity index (χ4v) is 1.13. The first-order valence-corrected chi connectivity index (χ1v) is 4.53. The summed E-state index contributed by atoms with van der Waals surface area (Å²) in [5, 5.41) is 6.38. The summed E-state index contributed by atoms with van der Waals surface area (Å²) in [5.41, 5.74) is 7.81. The number of para-hydroxylation sites is 1. The summed E-state index contributed by atoms with van der Waals surface area (Å²) in [6.45, 7) is 2.78. The average Bonchev–Trinajstić information content (AvgIpc) is 2.15. The predicted molar refractivity (Wildman–Crippen MR) is 56.5 cm³/mol. The van der Waals surface area contributed by atoms with E-state index in [2.05, 4.69) is 10.6 Å². The molecule has 13 heavy (non-hydrogen) atoms. The van der Waals surface area contributed by atoms with E-state index in [0.717, 1.165) is 25.3 Å². The highest BCUT2D eigenvalue weighted by molar-refractivity contribution is 5.46. The van der Waals surface area contributed by atoms with Gasteiger partial charge in [-0.3, -0.25) is 0 Å². The third-order valence-electron chi connectivity index (χ3n) is 1.92. The highest BCUT2D eigenvalue weighted by atomic mass is 14.9.